The Morgan fingerprint density at radius 1 is 1.26 bits per heavy atom. The van der Waals surface area contributed by atoms with Crippen LogP contribution in [-0.2, 0) is 10.2 Å². The molecule has 2 heterocycles. The molecule has 2 saturated heterocycles. The van der Waals surface area contributed by atoms with Crippen LogP contribution in [0.5, 0.6) is 0 Å². The Kier molecular flexibility index (Phi) is 5.58. The molecule has 112 valence electrons. The van der Waals surface area contributed by atoms with Gasteiger partial charge in [-0.1, -0.05) is 6.92 Å². The first-order chi connectivity index (χ1) is 9.08. The van der Waals surface area contributed by atoms with Crippen LogP contribution >= 0.6 is 0 Å². The minimum Gasteiger partial charge on any atom is -0.314 e. The highest BCUT2D eigenvalue weighted by molar-refractivity contribution is 7.87. The maximum Gasteiger partial charge on any atom is 0.279 e. The van der Waals surface area contributed by atoms with Crippen LogP contribution in [-0.4, -0.2) is 70.0 Å². The summed E-state index contributed by atoms with van der Waals surface area (Å²) in [6.45, 7) is 8.73. The summed E-state index contributed by atoms with van der Waals surface area (Å²) >= 11 is 0. The second-order valence-corrected chi connectivity index (χ2v) is 7.35. The van der Waals surface area contributed by atoms with Crippen molar-refractivity contribution in [3.05, 3.63) is 0 Å². The van der Waals surface area contributed by atoms with Crippen LogP contribution in [0.2, 0.25) is 0 Å². The molecule has 1 unspecified atom stereocenters. The van der Waals surface area contributed by atoms with Crippen molar-refractivity contribution in [2.75, 3.05) is 52.4 Å². The summed E-state index contributed by atoms with van der Waals surface area (Å²) in [5.74, 6) is 0.471. The van der Waals surface area contributed by atoms with Crippen LogP contribution in [0.25, 0.3) is 0 Å². The van der Waals surface area contributed by atoms with Crippen molar-refractivity contribution < 1.29 is 8.42 Å². The number of nitrogens with one attached hydrogen (secondary N) is 2. The van der Waals surface area contributed by atoms with Gasteiger partial charge in [-0.05, 0) is 18.8 Å². The molecule has 0 aromatic rings. The van der Waals surface area contributed by atoms with Crippen LogP contribution < -0.4 is 10.0 Å². The molecular weight excluding hydrogens is 264 g/mol. The van der Waals surface area contributed by atoms with E-state index < -0.39 is 10.2 Å². The van der Waals surface area contributed by atoms with Gasteiger partial charge in [0, 0.05) is 52.4 Å². The maximum atomic E-state index is 12.2. The van der Waals surface area contributed by atoms with Gasteiger partial charge >= 0.3 is 0 Å². The van der Waals surface area contributed by atoms with Crippen molar-refractivity contribution in [1.29, 1.82) is 0 Å². The molecule has 6 nitrogen and oxygen atoms in total. The summed E-state index contributed by atoms with van der Waals surface area (Å²) < 4.78 is 28.6. The fourth-order valence-corrected chi connectivity index (χ4v) is 4.08. The first-order valence-electron chi connectivity index (χ1n) is 7.26. The molecule has 2 aliphatic rings. The lowest BCUT2D eigenvalue weighted by Crippen LogP contribution is -2.49. The summed E-state index contributed by atoms with van der Waals surface area (Å²) in [7, 11) is -3.28. The van der Waals surface area contributed by atoms with Gasteiger partial charge in [0.25, 0.3) is 10.2 Å². The van der Waals surface area contributed by atoms with Crippen molar-refractivity contribution in [2.24, 2.45) is 5.92 Å². The molecule has 0 aliphatic carbocycles. The molecule has 0 aromatic heterocycles. The Bertz CT molecular complexity index is 368. The monoisotopic (exact) mass is 290 g/mol. The minimum absolute atomic E-state index is 0.471. The van der Waals surface area contributed by atoms with E-state index in [0.717, 1.165) is 45.6 Å². The van der Waals surface area contributed by atoms with E-state index in [2.05, 4.69) is 21.9 Å². The molecular formula is C12H26N4O2S. The molecule has 7 heteroatoms. The Balaban J connectivity index is 1.73. The van der Waals surface area contributed by atoms with Gasteiger partial charge in [-0.3, -0.25) is 4.90 Å². The molecule has 2 fully saturated rings. The topological polar surface area (TPSA) is 64.7 Å². The van der Waals surface area contributed by atoms with Gasteiger partial charge in [-0.15, -0.1) is 0 Å². The quantitative estimate of drug-likeness (QED) is 0.714. The minimum atomic E-state index is -3.28. The number of piperazine rings is 1. The van der Waals surface area contributed by atoms with Crippen molar-refractivity contribution >= 4 is 10.2 Å². The van der Waals surface area contributed by atoms with E-state index in [1.807, 2.05) is 0 Å². The number of hydrogen-bond acceptors (Lipinski definition) is 4. The van der Waals surface area contributed by atoms with E-state index >= 15 is 0 Å². The lowest BCUT2D eigenvalue weighted by Gasteiger charge is -2.31. The smallest absolute Gasteiger partial charge is 0.279 e. The molecule has 0 spiro atoms. The largest absolute Gasteiger partial charge is 0.314 e. The number of hydrogen-bond donors (Lipinski definition) is 2. The average Bonchev–Trinajstić information content (AvgIpc) is 2.40. The van der Waals surface area contributed by atoms with Crippen molar-refractivity contribution in [3.8, 4) is 0 Å². The lowest BCUT2D eigenvalue weighted by molar-refractivity contribution is 0.242. The first-order valence-corrected chi connectivity index (χ1v) is 8.70. The SMILES string of the molecule is CC1CCCN(S(=O)(=O)NCCN2CCNCC2)C1. The number of rotatable bonds is 5. The zero-order valence-corrected chi connectivity index (χ0v) is 12.6. The van der Waals surface area contributed by atoms with Gasteiger partial charge in [0.1, 0.15) is 0 Å². The standard InChI is InChI=1S/C12H26N4O2S/c1-12-3-2-7-16(11-12)19(17,18)14-6-10-15-8-4-13-5-9-15/h12-14H,2-11H2,1H3. The zero-order valence-electron chi connectivity index (χ0n) is 11.8. The molecule has 0 amide bonds. The summed E-state index contributed by atoms with van der Waals surface area (Å²) in [5.41, 5.74) is 0. The van der Waals surface area contributed by atoms with Gasteiger partial charge in [-0.25, -0.2) is 4.72 Å². The van der Waals surface area contributed by atoms with Crippen LogP contribution in [0.15, 0.2) is 0 Å². The third-order valence-corrected chi connectivity index (χ3v) is 5.46. The fourth-order valence-electron chi connectivity index (χ4n) is 2.72. The summed E-state index contributed by atoms with van der Waals surface area (Å²) in [5, 5.41) is 3.29. The Hall–Kier alpha value is -0.210. The predicted octanol–water partition coefficient (Wildman–Crippen LogP) is -0.542. The molecule has 0 aromatic carbocycles. The van der Waals surface area contributed by atoms with Gasteiger partial charge in [-0.2, -0.15) is 12.7 Å². The molecule has 2 N–H and O–H groups in total. The van der Waals surface area contributed by atoms with Gasteiger partial charge in [0.15, 0.2) is 0 Å². The highest BCUT2D eigenvalue weighted by atomic mass is 32.2. The summed E-state index contributed by atoms with van der Waals surface area (Å²) in [6.07, 6.45) is 2.10. The third kappa shape index (κ3) is 4.68. The van der Waals surface area contributed by atoms with E-state index in [-0.39, 0.29) is 0 Å². The second kappa shape index (κ2) is 6.99. The van der Waals surface area contributed by atoms with Crippen LogP contribution in [0, 0.1) is 5.92 Å². The maximum absolute atomic E-state index is 12.2. The molecule has 0 saturated carbocycles. The van der Waals surface area contributed by atoms with E-state index in [1.54, 1.807) is 4.31 Å². The third-order valence-electron chi connectivity index (χ3n) is 3.88. The van der Waals surface area contributed by atoms with Crippen LogP contribution in [0.3, 0.4) is 0 Å². The van der Waals surface area contributed by atoms with Crippen LogP contribution in [0.4, 0.5) is 0 Å². The van der Waals surface area contributed by atoms with E-state index in [0.29, 0.717) is 25.6 Å². The van der Waals surface area contributed by atoms with Gasteiger partial charge in [0.2, 0.25) is 0 Å². The highest BCUT2D eigenvalue weighted by Gasteiger charge is 2.26. The number of piperidine rings is 1. The highest BCUT2D eigenvalue weighted by Crippen LogP contribution is 2.17. The predicted molar refractivity (Wildman–Crippen MR) is 76.2 cm³/mol. The molecule has 0 bridgehead atoms. The summed E-state index contributed by atoms with van der Waals surface area (Å²) in [4.78, 5) is 2.29. The second-order valence-electron chi connectivity index (χ2n) is 5.60. The average molecular weight is 290 g/mol. The number of nitrogens with zero attached hydrogens (tertiary/aromatic N) is 2. The van der Waals surface area contributed by atoms with E-state index in [9.17, 15) is 8.42 Å². The summed E-state index contributed by atoms with van der Waals surface area (Å²) in [6, 6.07) is 0. The fraction of sp³-hybridized carbons (Fsp3) is 1.00. The zero-order chi connectivity index (χ0) is 13.7. The van der Waals surface area contributed by atoms with Crippen molar-refractivity contribution in [2.45, 2.75) is 19.8 Å². The Morgan fingerprint density at radius 2 is 2.00 bits per heavy atom. The normalized spacial score (nSPS) is 27.5. The first kappa shape index (κ1) is 15.2. The van der Waals surface area contributed by atoms with Gasteiger partial charge in [0.05, 0.1) is 0 Å². The van der Waals surface area contributed by atoms with E-state index in [4.69, 9.17) is 0 Å². The Labute approximate surface area is 116 Å². The molecule has 2 aliphatic heterocycles. The molecule has 19 heavy (non-hydrogen) atoms. The van der Waals surface area contributed by atoms with Gasteiger partial charge < -0.3 is 5.32 Å². The molecule has 0 radical (unpaired) electrons. The van der Waals surface area contributed by atoms with E-state index in [1.165, 1.54) is 0 Å². The molecule has 2 rings (SSSR count). The Morgan fingerprint density at radius 3 is 2.68 bits per heavy atom. The van der Waals surface area contributed by atoms with Crippen molar-refractivity contribution in [3.63, 3.8) is 0 Å². The van der Waals surface area contributed by atoms with Crippen molar-refractivity contribution in [1.82, 2.24) is 19.2 Å². The van der Waals surface area contributed by atoms with Crippen LogP contribution in [0.1, 0.15) is 19.8 Å². The molecule has 1 atom stereocenters. The lowest BCUT2D eigenvalue weighted by atomic mass is 10.0.